The number of carboxylic acids is 1. The Bertz CT molecular complexity index is 972. The molecule has 0 unspecified atom stereocenters. The summed E-state index contributed by atoms with van der Waals surface area (Å²) < 4.78 is 20.9. The zero-order chi connectivity index (χ0) is 18.9. The maximum atomic E-state index is 13.8. The van der Waals surface area contributed by atoms with Gasteiger partial charge in [-0.1, -0.05) is 11.6 Å². The summed E-state index contributed by atoms with van der Waals surface area (Å²) >= 11 is 6.07. The van der Waals surface area contributed by atoms with Gasteiger partial charge < -0.3 is 14.6 Å². The SMILES string of the molecule is CC(C)(F)COc1ccc(Cl)cc1Cn1ncc2c(C(=O)[O-])ccnc21.[Na+]. The fourth-order valence-corrected chi connectivity index (χ4v) is 2.69. The maximum absolute atomic E-state index is 13.8. The van der Waals surface area contributed by atoms with E-state index < -0.39 is 11.6 Å². The number of hydrogen-bond donors (Lipinski definition) is 0. The predicted octanol–water partition coefficient (Wildman–Crippen LogP) is -0.373. The van der Waals surface area contributed by atoms with Crippen LogP contribution in [0.2, 0.25) is 5.02 Å². The Morgan fingerprint density at radius 3 is 2.78 bits per heavy atom. The van der Waals surface area contributed by atoms with Crippen LogP contribution >= 0.6 is 11.6 Å². The Morgan fingerprint density at radius 1 is 1.37 bits per heavy atom. The van der Waals surface area contributed by atoms with Gasteiger partial charge in [-0.15, -0.1) is 0 Å². The fourth-order valence-electron chi connectivity index (χ4n) is 2.49. The van der Waals surface area contributed by atoms with E-state index in [1.165, 1.54) is 37.0 Å². The van der Waals surface area contributed by atoms with Crippen molar-refractivity contribution in [3.8, 4) is 5.75 Å². The van der Waals surface area contributed by atoms with Crippen molar-refractivity contribution in [1.29, 1.82) is 0 Å². The van der Waals surface area contributed by atoms with Crippen molar-refractivity contribution in [3.63, 3.8) is 0 Å². The number of aromatic nitrogens is 3. The molecule has 0 radical (unpaired) electrons. The molecule has 3 aromatic rings. The van der Waals surface area contributed by atoms with Gasteiger partial charge in [0, 0.05) is 27.7 Å². The minimum absolute atomic E-state index is 0. The molecule has 6 nitrogen and oxygen atoms in total. The Hall–Kier alpha value is -1.67. The van der Waals surface area contributed by atoms with Gasteiger partial charge in [-0.3, -0.25) is 0 Å². The first kappa shape index (κ1) is 21.6. The number of benzene rings is 1. The number of ether oxygens (including phenoxy) is 1. The minimum Gasteiger partial charge on any atom is -0.545 e. The smallest absolute Gasteiger partial charge is 0.545 e. The number of halogens is 2. The summed E-state index contributed by atoms with van der Waals surface area (Å²) in [5.74, 6) is -0.825. The third-order valence-electron chi connectivity index (χ3n) is 3.67. The molecule has 0 N–H and O–H groups in total. The molecule has 136 valence electrons. The van der Waals surface area contributed by atoms with Gasteiger partial charge in [0.1, 0.15) is 18.0 Å². The number of hydrogen-bond acceptors (Lipinski definition) is 5. The van der Waals surface area contributed by atoms with Gasteiger partial charge in [-0.2, -0.15) is 5.10 Å². The zero-order valence-electron chi connectivity index (χ0n) is 15.2. The molecule has 0 saturated carbocycles. The van der Waals surface area contributed by atoms with Gasteiger partial charge in [0.15, 0.2) is 5.65 Å². The van der Waals surface area contributed by atoms with Crippen LogP contribution in [-0.2, 0) is 6.54 Å². The number of pyridine rings is 1. The zero-order valence-corrected chi connectivity index (χ0v) is 18.0. The van der Waals surface area contributed by atoms with Crippen molar-refractivity contribution in [3.05, 3.63) is 52.8 Å². The van der Waals surface area contributed by atoms with Crippen LogP contribution in [0.5, 0.6) is 5.75 Å². The van der Waals surface area contributed by atoms with Crippen molar-refractivity contribution in [2.24, 2.45) is 0 Å². The molecule has 0 amide bonds. The Morgan fingerprint density at radius 2 is 2.11 bits per heavy atom. The van der Waals surface area contributed by atoms with E-state index in [0.717, 1.165) is 0 Å². The first-order chi connectivity index (χ1) is 12.2. The van der Waals surface area contributed by atoms with Gasteiger partial charge in [0.25, 0.3) is 0 Å². The predicted molar refractivity (Wildman–Crippen MR) is 93.1 cm³/mol. The van der Waals surface area contributed by atoms with Gasteiger partial charge in [-0.05, 0) is 38.1 Å². The van der Waals surface area contributed by atoms with Crippen molar-refractivity contribution < 1.29 is 48.6 Å². The molecule has 27 heavy (non-hydrogen) atoms. The molecule has 0 spiro atoms. The first-order valence-corrected chi connectivity index (χ1v) is 8.24. The summed E-state index contributed by atoms with van der Waals surface area (Å²) in [5.41, 5.74) is -0.404. The van der Waals surface area contributed by atoms with E-state index in [1.54, 1.807) is 18.2 Å². The number of rotatable bonds is 6. The molecule has 0 atom stereocenters. The summed E-state index contributed by atoms with van der Waals surface area (Å²) in [6, 6.07) is 6.37. The average molecular weight is 400 g/mol. The molecule has 0 aliphatic rings. The summed E-state index contributed by atoms with van der Waals surface area (Å²) in [6.07, 6.45) is 2.80. The third kappa shape index (κ3) is 5.19. The first-order valence-electron chi connectivity index (χ1n) is 7.86. The number of aromatic carboxylic acids is 1. The van der Waals surface area contributed by atoms with E-state index in [0.29, 0.717) is 27.4 Å². The second-order valence-corrected chi connectivity index (χ2v) is 6.88. The van der Waals surface area contributed by atoms with E-state index in [4.69, 9.17) is 16.3 Å². The Labute approximate surface area is 182 Å². The molecule has 0 bridgehead atoms. The fraction of sp³-hybridized carbons (Fsp3) is 0.278. The summed E-state index contributed by atoms with van der Waals surface area (Å²) in [4.78, 5) is 15.4. The average Bonchev–Trinajstić information content (AvgIpc) is 2.96. The number of carbonyl (C=O) groups excluding carboxylic acids is 1. The number of carboxylic acid groups (broad SMARTS) is 1. The standard InChI is InChI=1S/C18H17ClFN3O3.Na/c1-18(2,20)10-26-15-4-3-12(19)7-11(15)9-23-16-14(8-22-23)13(17(24)25)5-6-21-16;/h3-8H,9-10H2,1-2H3,(H,24,25);/q;+1/p-1. The molecule has 1 aromatic carbocycles. The largest absolute Gasteiger partial charge is 1.00 e. The van der Waals surface area contributed by atoms with E-state index in [2.05, 4.69) is 10.1 Å². The van der Waals surface area contributed by atoms with Crippen LogP contribution in [0.25, 0.3) is 11.0 Å². The normalized spacial score (nSPS) is 11.3. The molecule has 0 fully saturated rings. The summed E-state index contributed by atoms with van der Waals surface area (Å²) in [5, 5.41) is 16.3. The Balaban J connectivity index is 0.00000261. The van der Waals surface area contributed by atoms with Crippen molar-refractivity contribution >= 4 is 28.6 Å². The molecule has 9 heteroatoms. The number of carbonyl (C=O) groups is 1. The van der Waals surface area contributed by atoms with Crippen molar-refractivity contribution in [2.45, 2.75) is 26.1 Å². The molecular formula is C18H16ClFN3NaO3. The monoisotopic (exact) mass is 399 g/mol. The number of nitrogens with zero attached hydrogens (tertiary/aromatic N) is 3. The second kappa shape index (κ2) is 8.56. The maximum Gasteiger partial charge on any atom is 1.00 e. The van der Waals surface area contributed by atoms with Gasteiger partial charge in [-0.25, -0.2) is 14.1 Å². The molecule has 0 aliphatic carbocycles. The summed E-state index contributed by atoms with van der Waals surface area (Å²) in [7, 11) is 0. The van der Waals surface area contributed by atoms with E-state index in [9.17, 15) is 14.3 Å². The van der Waals surface area contributed by atoms with Gasteiger partial charge in [0.05, 0.1) is 18.7 Å². The quantitative estimate of drug-likeness (QED) is 0.528. The molecular weight excluding hydrogens is 384 g/mol. The molecule has 0 saturated heterocycles. The van der Waals surface area contributed by atoms with Crippen LogP contribution in [0.1, 0.15) is 29.8 Å². The van der Waals surface area contributed by atoms with Gasteiger partial charge in [0.2, 0.25) is 0 Å². The van der Waals surface area contributed by atoms with Gasteiger partial charge >= 0.3 is 29.6 Å². The van der Waals surface area contributed by atoms with Crippen LogP contribution < -0.4 is 39.4 Å². The van der Waals surface area contributed by atoms with Crippen molar-refractivity contribution in [2.75, 3.05) is 6.61 Å². The number of fused-ring (bicyclic) bond motifs is 1. The molecule has 3 rings (SSSR count). The van der Waals surface area contributed by atoms with E-state index in [1.807, 2.05) is 0 Å². The minimum atomic E-state index is -1.49. The topological polar surface area (TPSA) is 80.1 Å². The second-order valence-electron chi connectivity index (χ2n) is 6.44. The van der Waals surface area contributed by atoms with Crippen LogP contribution in [0.4, 0.5) is 4.39 Å². The number of alkyl halides is 1. The van der Waals surface area contributed by atoms with Crippen LogP contribution in [0.3, 0.4) is 0 Å². The summed E-state index contributed by atoms with van der Waals surface area (Å²) in [6.45, 7) is 2.97. The van der Waals surface area contributed by atoms with E-state index >= 15 is 0 Å². The molecule has 2 aromatic heterocycles. The Kier molecular flexibility index (Phi) is 6.86. The van der Waals surface area contributed by atoms with E-state index in [-0.39, 0.29) is 48.3 Å². The van der Waals surface area contributed by atoms with Crippen molar-refractivity contribution in [1.82, 2.24) is 14.8 Å². The van der Waals surface area contributed by atoms with Crippen LogP contribution in [-0.4, -0.2) is 33.0 Å². The molecule has 2 heterocycles. The van der Waals surface area contributed by atoms with Crippen LogP contribution in [0, 0.1) is 0 Å². The molecule has 0 aliphatic heterocycles. The van der Waals surface area contributed by atoms with Crippen LogP contribution in [0.15, 0.2) is 36.7 Å². The third-order valence-corrected chi connectivity index (χ3v) is 3.91.